The van der Waals surface area contributed by atoms with E-state index in [-0.39, 0.29) is 5.91 Å². The minimum Gasteiger partial charge on any atom is -0.369 e. The number of methoxy groups -OCH3 is 1. The van der Waals surface area contributed by atoms with Crippen molar-refractivity contribution in [3.63, 3.8) is 0 Å². The van der Waals surface area contributed by atoms with Gasteiger partial charge >= 0.3 is 0 Å². The number of carbonyl (C=O) groups is 1. The number of carbonyl (C=O) groups excluding carboxylic acids is 1. The van der Waals surface area contributed by atoms with E-state index < -0.39 is 5.60 Å². The molecule has 0 bridgehead atoms. The van der Waals surface area contributed by atoms with Gasteiger partial charge in [0.05, 0.1) is 6.54 Å². The third kappa shape index (κ3) is 4.37. The van der Waals surface area contributed by atoms with Crippen LogP contribution in [0.4, 0.5) is 0 Å². The van der Waals surface area contributed by atoms with Gasteiger partial charge in [-0.2, -0.15) is 0 Å². The first-order valence-electron chi connectivity index (χ1n) is 6.49. The first-order chi connectivity index (χ1) is 9.40. The van der Waals surface area contributed by atoms with E-state index in [0.717, 1.165) is 11.1 Å². The SMILES string of the molecule is COC(C)(C)C(=O)N(C)Cc1cccc(C#CCN)c1. The van der Waals surface area contributed by atoms with Crippen LogP contribution in [-0.4, -0.2) is 37.1 Å². The summed E-state index contributed by atoms with van der Waals surface area (Å²) in [7, 11) is 3.30. The largest absolute Gasteiger partial charge is 0.369 e. The topological polar surface area (TPSA) is 55.6 Å². The molecule has 1 aromatic carbocycles. The van der Waals surface area contributed by atoms with Crippen LogP contribution in [0.1, 0.15) is 25.0 Å². The number of nitrogens with two attached hydrogens (primary N) is 1. The molecule has 0 aromatic heterocycles. The van der Waals surface area contributed by atoms with Crippen LogP contribution >= 0.6 is 0 Å². The van der Waals surface area contributed by atoms with Crippen molar-refractivity contribution in [3.8, 4) is 11.8 Å². The van der Waals surface area contributed by atoms with Crippen LogP contribution in [0.2, 0.25) is 0 Å². The Bertz CT molecular complexity index is 527. The van der Waals surface area contributed by atoms with Gasteiger partial charge in [0.25, 0.3) is 5.91 Å². The van der Waals surface area contributed by atoms with Crippen molar-refractivity contribution in [1.29, 1.82) is 0 Å². The van der Waals surface area contributed by atoms with Crippen LogP contribution in [0, 0.1) is 11.8 Å². The summed E-state index contributed by atoms with van der Waals surface area (Å²) in [6.07, 6.45) is 0. The fraction of sp³-hybridized carbons (Fsp3) is 0.438. The molecule has 0 radical (unpaired) electrons. The van der Waals surface area contributed by atoms with Crippen molar-refractivity contribution in [2.75, 3.05) is 20.7 Å². The van der Waals surface area contributed by atoms with Crippen LogP contribution in [0.3, 0.4) is 0 Å². The molecule has 0 spiro atoms. The molecule has 1 amide bonds. The van der Waals surface area contributed by atoms with Crippen LogP contribution < -0.4 is 5.73 Å². The second-order valence-electron chi connectivity index (χ2n) is 5.08. The minimum absolute atomic E-state index is 0.0570. The lowest BCUT2D eigenvalue weighted by molar-refractivity contribution is -0.150. The maximum Gasteiger partial charge on any atom is 0.254 e. The molecule has 0 heterocycles. The zero-order chi connectivity index (χ0) is 15.2. The van der Waals surface area contributed by atoms with Crippen molar-refractivity contribution < 1.29 is 9.53 Å². The molecule has 1 rings (SSSR count). The zero-order valence-electron chi connectivity index (χ0n) is 12.6. The Hall–Kier alpha value is -1.83. The summed E-state index contributed by atoms with van der Waals surface area (Å²) in [6, 6.07) is 7.78. The minimum atomic E-state index is -0.814. The van der Waals surface area contributed by atoms with Gasteiger partial charge in [-0.25, -0.2) is 0 Å². The van der Waals surface area contributed by atoms with E-state index in [1.165, 1.54) is 7.11 Å². The molecule has 0 saturated heterocycles. The first kappa shape index (κ1) is 16.2. The summed E-state index contributed by atoms with van der Waals surface area (Å²) in [5.74, 6) is 5.75. The number of hydrogen-bond acceptors (Lipinski definition) is 3. The van der Waals surface area contributed by atoms with Crippen LogP contribution in [0.15, 0.2) is 24.3 Å². The lowest BCUT2D eigenvalue weighted by Crippen LogP contribution is -2.44. The second-order valence-corrected chi connectivity index (χ2v) is 5.08. The van der Waals surface area contributed by atoms with Gasteiger partial charge in [-0.1, -0.05) is 24.0 Å². The quantitative estimate of drug-likeness (QED) is 0.844. The molecule has 0 unspecified atom stereocenters. The maximum atomic E-state index is 12.2. The van der Waals surface area contributed by atoms with Gasteiger partial charge in [0.1, 0.15) is 5.60 Å². The predicted molar refractivity (Wildman–Crippen MR) is 79.9 cm³/mol. The second kappa shape index (κ2) is 7.09. The normalized spacial score (nSPS) is 10.7. The smallest absolute Gasteiger partial charge is 0.254 e. The lowest BCUT2D eigenvalue weighted by atomic mass is 10.1. The predicted octanol–water partition coefficient (Wildman–Crippen LogP) is 1.38. The number of nitrogens with zero attached hydrogens (tertiary/aromatic N) is 1. The Morgan fingerprint density at radius 2 is 2.15 bits per heavy atom. The highest BCUT2D eigenvalue weighted by molar-refractivity contribution is 5.84. The first-order valence-corrected chi connectivity index (χ1v) is 6.49. The third-order valence-corrected chi connectivity index (χ3v) is 3.05. The van der Waals surface area contributed by atoms with E-state index in [9.17, 15) is 4.79 Å². The van der Waals surface area contributed by atoms with Crippen LogP contribution in [0.5, 0.6) is 0 Å². The number of hydrogen-bond donors (Lipinski definition) is 1. The molecule has 0 atom stereocenters. The van der Waals surface area contributed by atoms with Crippen LogP contribution in [-0.2, 0) is 16.1 Å². The summed E-state index contributed by atoms with van der Waals surface area (Å²) >= 11 is 0. The maximum absolute atomic E-state index is 12.2. The summed E-state index contributed by atoms with van der Waals surface area (Å²) in [5.41, 5.74) is 6.47. The number of benzene rings is 1. The molecule has 2 N–H and O–H groups in total. The van der Waals surface area contributed by atoms with E-state index in [4.69, 9.17) is 10.5 Å². The van der Waals surface area contributed by atoms with Crippen molar-refractivity contribution in [2.24, 2.45) is 5.73 Å². The Balaban J connectivity index is 2.81. The van der Waals surface area contributed by atoms with Crippen molar-refractivity contribution in [3.05, 3.63) is 35.4 Å². The molecule has 20 heavy (non-hydrogen) atoms. The van der Waals surface area contributed by atoms with Gasteiger partial charge < -0.3 is 15.4 Å². The molecule has 0 fully saturated rings. The number of likely N-dealkylation sites (N-methyl/N-ethyl adjacent to an activating group) is 1. The summed E-state index contributed by atoms with van der Waals surface area (Å²) in [5, 5.41) is 0. The molecule has 1 aromatic rings. The van der Waals surface area contributed by atoms with E-state index >= 15 is 0 Å². The molecule has 0 aliphatic heterocycles. The molecule has 4 nitrogen and oxygen atoms in total. The highest BCUT2D eigenvalue weighted by Gasteiger charge is 2.29. The summed E-state index contributed by atoms with van der Waals surface area (Å²) in [4.78, 5) is 13.9. The summed E-state index contributed by atoms with van der Waals surface area (Å²) in [6.45, 7) is 4.37. The van der Waals surface area contributed by atoms with E-state index in [0.29, 0.717) is 13.1 Å². The Labute approximate surface area is 120 Å². The van der Waals surface area contributed by atoms with Gasteiger partial charge in [0, 0.05) is 26.3 Å². The Morgan fingerprint density at radius 1 is 1.45 bits per heavy atom. The van der Waals surface area contributed by atoms with E-state index in [1.54, 1.807) is 25.8 Å². The van der Waals surface area contributed by atoms with Crippen molar-refractivity contribution >= 4 is 5.91 Å². The van der Waals surface area contributed by atoms with E-state index in [2.05, 4.69) is 11.8 Å². The monoisotopic (exact) mass is 274 g/mol. The standard InChI is InChI=1S/C16H22N2O2/c1-16(2,20-4)15(19)18(3)12-14-8-5-7-13(11-14)9-6-10-17/h5,7-8,11H,10,12,17H2,1-4H3. The van der Waals surface area contributed by atoms with Gasteiger partial charge in [-0.15, -0.1) is 0 Å². The molecular formula is C16H22N2O2. The van der Waals surface area contributed by atoms with E-state index in [1.807, 2.05) is 24.3 Å². The number of amides is 1. The molecular weight excluding hydrogens is 252 g/mol. The van der Waals surface area contributed by atoms with Gasteiger partial charge in [-0.05, 0) is 31.5 Å². The molecule has 108 valence electrons. The Morgan fingerprint density at radius 3 is 2.75 bits per heavy atom. The lowest BCUT2D eigenvalue weighted by Gasteiger charge is -2.28. The molecule has 0 aliphatic carbocycles. The average Bonchev–Trinajstić information content (AvgIpc) is 2.44. The molecule has 0 aliphatic rings. The zero-order valence-corrected chi connectivity index (χ0v) is 12.6. The fourth-order valence-corrected chi connectivity index (χ4v) is 1.79. The van der Waals surface area contributed by atoms with Crippen molar-refractivity contribution in [2.45, 2.75) is 26.0 Å². The highest BCUT2D eigenvalue weighted by Crippen LogP contribution is 2.14. The highest BCUT2D eigenvalue weighted by atomic mass is 16.5. The van der Waals surface area contributed by atoms with Gasteiger partial charge in [0.2, 0.25) is 0 Å². The molecule has 4 heteroatoms. The van der Waals surface area contributed by atoms with Crippen LogP contribution in [0.25, 0.3) is 0 Å². The average molecular weight is 274 g/mol. The van der Waals surface area contributed by atoms with Gasteiger partial charge in [-0.3, -0.25) is 4.79 Å². The molecule has 0 saturated carbocycles. The third-order valence-electron chi connectivity index (χ3n) is 3.05. The van der Waals surface area contributed by atoms with Gasteiger partial charge in [0.15, 0.2) is 0 Å². The van der Waals surface area contributed by atoms with Crippen molar-refractivity contribution in [1.82, 2.24) is 4.90 Å². The number of rotatable bonds is 4. The fourth-order valence-electron chi connectivity index (χ4n) is 1.79. The number of ether oxygens (including phenoxy) is 1. The Kier molecular flexibility index (Phi) is 5.75. The summed E-state index contributed by atoms with van der Waals surface area (Å²) < 4.78 is 5.21.